The molecule has 24 heavy (non-hydrogen) atoms. The second-order valence-electron chi connectivity index (χ2n) is 5.93. The van der Waals surface area contributed by atoms with Crippen LogP contribution in [0.1, 0.15) is 24.8 Å². The van der Waals surface area contributed by atoms with Gasteiger partial charge in [-0.25, -0.2) is 8.42 Å². The topological polar surface area (TPSA) is 74.9 Å². The van der Waals surface area contributed by atoms with Crippen molar-refractivity contribution in [3.8, 4) is 16.5 Å². The standard InChI is InChI=1S/C17H17N3O2S2/c1-11(2)20-10-15(17-7-5-13(9-18)23-17)14-6-4-12(8-16(14)20)19-24(3,21)22/h4-8,10-11,19H,1-3H3. The molecule has 0 radical (unpaired) electrons. The zero-order valence-corrected chi connectivity index (χ0v) is 15.2. The first-order valence-corrected chi connectivity index (χ1v) is 10.1. The van der Waals surface area contributed by atoms with Gasteiger partial charge < -0.3 is 4.57 Å². The third-order valence-electron chi connectivity index (χ3n) is 3.68. The summed E-state index contributed by atoms with van der Waals surface area (Å²) in [6.45, 7) is 4.16. The molecule has 0 atom stereocenters. The van der Waals surface area contributed by atoms with Gasteiger partial charge in [0.15, 0.2) is 0 Å². The second kappa shape index (κ2) is 5.96. The van der Waals surface area contributed by atoms with E-state index in [-0.39, 0.29) is 6.04 Å². The smallest absolute Gasteiger partial charge is 0.229 e. The summed E-state index contributed by atoms with van der Waals surface area (Å²) in [6.07, 6.45) is 3.20. The van der Waals surface area contributed by atoms with Gasteiger partial charge in [-0.1, -0.05) is 6.07 Å². The number of anilines is 1. The van der Waals surface area contributed by atoms with Gasteiger partial charge >= 0.3 is 0 Å². The molecule has 5 nitrogen and oxygen atoms in total. The number of hydrogen-bond donors (Lipinski definition) is 1. The molecule has 0 aliphatic heterocycles. The van der Waals surface area contributed by atoms with Gasteiger partial charge in [-0.2, -0.15) is 5.26 Å². The number of hydrogen-bond acceptors (Lipinski definition) is 4. The number of thiophene rings is 1. The third-order valence-corrected chi connectivity index (χ3v) is 5.31. The summed E-state index contributed by atoms with van der Waals surface area (Å²) in [5, 5.41) is 10.1. The highest BCUT2D eigenvalue weighted by atomic mass is 32.2. The van der Waals surface area contributed by atoms with Crippen molar-refractivity contribution in [2.24, 2.45) is 0 Å². The summed E-state index contributed by atoms with van der Waals surface area (Å²) in [7, 11) is -3.32. The number of rotatable bonds is 4. The molecule has 2 aromatic heterocycles. The van der Waals surface area contributed by atoms with Crippen molar-refractivity contribution in [2.75, 3.05) is 11.0 Å². The molecule has 1 N–H and O–H groups in total. The number of nitriles is 1. The minimum atomic E-state index is -3.32. The van der Waals surface area contributed by atoms with E-state index in [2.05, 4.69) is 35.4 Å². The van der Waals surface area contributed by atoms with Crippen molar-refractivity contribution in [3.63, 3.8) is 0 Å². The molecule has 0 saturated heterocycles. The van der Waals surface area contributed by atoms with Crippen LogP contribution in [0.25, 0.3) is 21.3 Å². The molecule has 0 saturated carbocycles. The van der Waals surface area contributed by atoms with E-state index in [1.54, 1.807) is 6.07 Å². The Labute approximate surface area is 145 Å². The van der Waals surface area contributed by atoms with Crippen LogP contribution in [0.4, 0.5) is 5.69 Å². The second-order valence-corrected chi connectivity index (χ2v) is 8.76. The maximum Gasteiger partial charge on any atom is 0.229 e. The lowest BCUT2D eigenvalue weighted by atomic mass is 10.1. The van der Waals surface area contributed by atoms with Gasteiger partial charge in [0.1, 0.15) is 10.9 Å². The number of nitrogens with zero attached hydrogens (tertiary/aromatic N) is 2. The molecule has 2 heterocycles. The molecule has 124 valence electrons. The van der Waals surface area contributed by atoms with Gasteiger partial charge in [0, 0.05) is 28.1 Å². The molecular weight excluding hydrogens is 342 g/mol. The van der Waals surface area contributed by atoms with E-state index in [0.29, 0.717) is 10.6 Å². The highest BCUT2D eigenvalue weighted by Gasteiger charge is 2.15. The molecule has 0 fully saturated rings. The van der Waals surface area contributed by atoms with E-state index < -0.39 is 10.0 Å². The molecule has 0 aliphatic rings. The molecule has 0 amide bonds. The number of benzene rings is 1. The minimum absolute atomic E-state index is 0.227. The SMILES string of the molecule is CC(C)n1cc(-c2ccc(C#N)s2)c2ccc(NS(C)(=O)=O)cc21. The van der Waals surface area contributed by atoms with Crippen LogP contribution in [-0.4, -0.2) is 19.2 Å². The summed E-state index contributed by atoms with van der Waals surface area (Å²) in [5.74, 6) is 0. The van der Waals surface area contributed by atoms with Gasteiger partial charge in [0.2, 0.25) is 10.0 Å². The van der Waals surface area contributed by atoms with Gasteiger partial charge in [-0.05, 0) is 38.1 Å². The largest absolute Gasteiger partial charge is 0.344 e. The van der Waals surface area contributed by atoms with E-state index >= 15 is 0 Å². The monoisotopic (exact) mass is 359 g/mol. The van der Waals surface area contributed by atoms with Crippen LogP contribution < -0.4 is 4.72 Å². The fraction of sp³-hybridized carbons (Fsp3) is 0.235. The molecule has 7 heteroatoms. The third kappa shape index (κ3) is 3.16. The lowest BCUT2D eigenvalue weighted by molar-refractivity contribution is 0.607. The van der Waals surface area contributed by atoms with Crippen LogP contribution in [0.2, 0.25) is 0 Å². The van der Waals surface area contributed by atoms with E-state index in [0.717, 1.165) is 27.6 Å². The fourth-order valence-electron chi connectivity index (χ4n) is 2.70. The summed E-state index contributed by atoms with van der Waals surface area (Å²) in [6, 6.07) is 11.7. The molecular formula is C17H17N3O2S2. The van der Waals surface area contributed by atoms with E-state index in [1.807, 2.05) is 24.3 Å². The maximum absolute atomic E-state index is 11.5. The van der Waals surface area contributed by atoms with Crippen LogP contribution in [0.5, 0.6) is 0 Å². The minimum Gasteiger partial charge on any atom is -0.344 e. The van der Waals surface area contributed by atoms with Crippen molar-refractivity contribution in [1.82, 2.24) is 4.57 Å². The molecule has 0 unspecified atom stereocenters. The number of nitrogens with one attached hydrogen (secondary N) is 1. The summed E-state index contributed by atoms with van der Waals surface area (Å²) in [5.41, 5.74) is 2.55. The lowest BCUT2D eigenvalue weighted by Crippen LogP contribution is -2.09. The number of fused-ring (bicyclic) bond motifs is 1. The van der Waals surface area contributed by atoms with Gasteiger partial charge in [-0.3, -0.25) is 4.72 Å². The molecule has 3 rings (SSSR count). The maximum atomic E-state index is 11.5. The summed E-state index contributed by atoms with van der Waals surface area (Å²) < 4.78 is 27.6. The van der Waals surface area contributed by atoms with E-state index in [9.17, 15) is 8.42 Å². The normalized spacial score (nSPS) is 11.8. The molecule has 3 aromatic rings. The van der Waals surface area contributed by atoms with Crippen LogP contribution >= 0.6 is 11.3 Å². The van der Waals surface area contributed by atoms with Crippen LogP contribution in [-0.2, 0) is 10.0 Å². The van der Waals surface area contributed by atoms with Gasteiger partial charge in [0.05, 0.1) is 17.5 Å². The Morgan fingerprint density at radius 3 is 2.58 bits per heavy atom. The predicted molar refractivity (Wildman–Crippen MR) is 98.8 cm³/mol. The zero-order chi connectivity index (χ0) is 17.5. The lowest BCUT2D eigenvalue weighted by Gasteiger charge is -2.10. The van der Waals surface area contributed by atoms with Crippen molar-refractivity contribution in [3.05, 3.63) is 41.4 Å². The van der Waals surface area contributed by atoms with E-state index in [1.165, 1.54) is 11.3 Å². The summed E-state index contributed by atoms with van der Waals surface area (Å²) >= 11 is 1.45. The highest BCUT2D eigenvalue weighted by Crippen LogP contribution is 2.37. The van der Waals surface area contributed by atoms with Gasteiger partial charge in [-0.15, -0.1) is 11.3 Å². The van der Waals surface area contributed by atoms with Crippen molar-refractivity contribution in [2.45, 2.75) is 19.9 Å². The average molecular weight is 359 g/mol. The molecule has 0 aliphatic carbocycles. The first-order valence-electron chi connectivity index (χ1n) is 7.41. The quantitative estimate of drug-likeness (QED) is 0.759. The highest BCUT2D eigenvalue weighted by molar-refractivity contribution is 7.92. The van der Waals surface area contributed by atoms with Crippen LogP contribution in [0, 0.1) is 11.3 Å². The average Bonchev–Trinajstić information content (AvgIpc) is 3.08. The van der Waals surface area contributed by atoms with Crippen molar-refractivity contribution in [1.29, 1.82) is 5.26 Å². The van der Waals surface area contributed by atoms with Crippen molar-refractivity contribution >= 4 is 38.0 Å². The Hall–Kier alpha value is -2.30. The Morgan fingerprint density at radius 2 is 2.00 bits per heavy atom. The molecule has 1 aromatic carbocycles. The van der Waals surface area contributed by atoms with Crippen molar-refractivity contribution < 1.29 is 8.42 Å². The Bertz CT molecular complexity index is 1050. The van der Waals surface area contributed by atoms with Crippen LogP contribution in [0.3, 0.4) is 0 Å². The molecule has 0 spiro atoms. The summed E-state index contributed by atoms with van der Waals surface area (Å²) in [4.78, 5) is 1.70. The number of sulfonamides is 1. The molecule has 0 bridgehead atoms. The fourth-order valence-corrected chi connectivity index (χ4v) is 4.08. The Balaban J connectivity index is 2.20. The van der Waals surface area contributed by atoms with Crippen LogP contribution in [0.15, 0.2) is 36.5 Å². The van der Waals surface area contributed by atoms with Gasteiger partial charge in [0.25, 0.3) is 0 Å². The zero-order valence-electron chi connectivity index (χ0n) is 13.6. The predicted octanol–water partition coefficient (Wildman–Crippen LogP) is 4.19. The Morgan fingerprint density at radius 1 is 1.25 bits per heavy atom. The van der Waals surface area contributed by atoms with E-state index in [4.69, 9.17) is 5.26 Å². The first-order chi connectivity index (χ1) is 11.3. The Kier molecular flexibility index (Phi) is 4.11. The first kappa shape index (κ1) is 16.6. The number of aromatic nitrogens is 1.